The molecule has 3 aromatic rings. The third-order valence-corrected chi connectivity index (χ3v) is 5.51. The summed E-state index contributed by atoms with van der Waals surface area (Å²) in [6.07, 6.45) is 0. The average Bonchev–Trinajstić information content (AvgIpc) is 3.17. The Morgan fingerprint density at radius 1 is 1.27 bits per heavy atom. The van der Waals surface area contributed by atoms with E-state index in [4.69, 9.17) is 19.9 Å². The van der Waals surface area contributed by atoms with Gasteiger partial charge in [0.15, 0.2) is 11.5 Å². The van der Waals surface area contributed by atoms with Crippen LogP contribution in [0, 0.1) is 11.3 Å². The molecule has 1 aliphatic heterocycles. The fourth-order valence-corrected chi connectivity index (χ4v) is 3.95. The highest BCUT2D eigenvalue weighted by Gasteiger charge is 2.36. The van der Waals surface area contributed by atoms with Crippen LogP contribution in [0.2, 0.25) is 0 Å². The molecular weight excluding hydrogens is 452 g/mol. The van der Waals surface area contributed by atoms with Crippen LogP contribution in [0.5, 0.6) is 23.1 Å². The normalized spacial score (nSPS) is 15.2. The van der Waals surface area contributed by atoms with Crippen LogP contribution in [-0.4, -0.2) is 29.5 Å². The summed E-state index contributed by atoms with van der Waals surface area (Å²) in [5.41, 5.74) is 9.05. The lowest BCUT2D eigenvalue weighted by molar-refractivity contribution is 0.369. The number of nitriles is 1. The van der Waals surface area contributed by atoms with Crippen LogP contribution in [-0.2, 0) is 0 Å². The summed E-state index contributed by atoms with van der Waals surface area (Å²) in [4.78, 5) is 0. The smallest absolute Gasteiger partial charge is 0.244 e. The molecule has 8 nitrogen and oxygen atoms in total. The third kappa shape index (κ3) is 3.11. The van der Waals surface area contributed by atoms with Gasteiger partial charge in [-0.1, -0.05) is 12.1 Å². The Hall–Kier alpha value is -3.64. The second-order valence-corrected chi connectivity index (χ2v) is 7.38. The number of phenols is 1. The number of hydrogen-bond donors (Lipinski definition) is 3. The van der Waals surface area contributed by atoms with Crippen molar-refractivity contribution in [2.45, 2.75) is 5.92 Å². The lowest BCUT2D eigenvalue weighted by Gasteiger charge is -2.25. The zero-order valence-electron chi connectivity index (χ0n) is 16.1. The highest BCUT2D eigenvalue weighted by atomic mass is 79.9. The Morgan fingerprint density at radius 2 is 2.07 bits per heavy atom. The van der Waals surface area contributed by atoms with E-state index in [1.807, 2.05) is 24.3 Å². The summed E-state index contributed by atoms with van der Waals surface area (Å²) in [5, 5.41) is 27.3. The van der Waals surface area contributed by atoms with Gasteiger partial charge >= 0.3 is 0 Å². The number of allylic oxidation sites excluding steroid dienone is 1. The number of methoxy groups -OCH3 is 2. The van der Waals surface area contributed by atoms with E-state index in [0.717, 1.165) is 5.56 Å². The van der Waals surface area contributed by atoms with Gasteiger partial charge in [0.25, 0.3) is 0 Å². The van der Waals surface area contributed by atoms with Gasteiger partial charge in [-0.25, -0.2) is 0 Å². The summed E-state index contributed by atoms with van der Waals surface area (Å²) in [5.74, 6) is 0.552. The van der Waals surface area contributed by atoms with E-state index in [2.05, 4.69) is 32.2 Å². The Balaban J connectivity index is 1.97. The van der Waals surface area contributed by atoms with Crippen molar-refractivity contribution in [3.05, 3.63) is 63.5 Å². The van der Waals surface area contributed by atoms with Crippen molar-refractivity contribution < 1.29 is 19.3 Å². The number of nitrogens with two attached hydrogens (primary N) is 1. The molecule has 0 radical (unpaired) electrons. The second-order valence-electron chi connectivity index (χ2n) is 6.53. The first kappa shape index (κ1) is 19.7. The van der Waals surface area contributed by atoms with Gasteiger partial charge in [0.05, 0.1) is 35.9 Å². The number of nitrogens with zero attached hydrogens (tertiary/aromatic N) is 2. The van der Waals surface area contributed by atoms with Crippen LogP contribution in [0.1, 0.15) is 17.0 Å². The van der Waals surface area contributed by atoms with Crippen LogP contribution < -0.4 is 19.9 Å². The van der Waals surface area contributed by atoms with E-state index in [9.17, 15) is 10.4 Å². The molecule has 0 spiro atoms. The first-order valence-electron chi connectivity index (χ1n) is 8.85. The van der Waals surface area contributed by atoms with E-state index in [-0.39, 0.29) is 28.8 Å². The maximum absolute atomic E-state index is 10.2. The monoisotopic (exact) mass is 468 g/mol. The third-order valence-electron chi connectivity index (χ3n) is 4.90. The number of rotatable bonds is 4. The Kier molecular flexibility index (Phi) is 5.01. The second kappa shape index (κ2) is 7.65. The molecule has 2 aromatic carbocycles. The minimum absolute atomic E-state index is 0.0261. The SMILES string of the molecule is COc1cccc(-c2[nH]nc3c2C(c2cc(Br)c(O)c(OC)c2)C(C#N)=C(N)O3)c1. The number of H-pyrrole nitrogens is 1. The van der Waals surface area contributed by atoms with Crippen LogP contribution in [0.25, 0.3) is 11.3 Å². The average molecular weight is 469 g/mol. The Bertz CT molecular complexity index is 1210. The largest absolute Gasteiger partial charge is 0.503 e. The highest BCUT2D eigenvalue weighted by molar-refractivity contribution is 9.10. The Labute approximate surface area is 180 Å². The maximum atomic E-state index is 10.2. The minimum Gasteiger partial charge on any atom is -0.503 e. The van der Waals surface area contributed by atoms with E-state index >= 15 is 0 Å². The molecule has 1 atom stereocenters. The van der Waals surface area contributed by atoms with Gasteiger partial charge in [-0.05, 0) is 45.8 Å². The molecule has 0 fully saturated rings. The number of benzene rings is 2. The van der Waals surface area contributed by atoms with Gasteiger partial charge in [0.2, 0.25) is 11.8 Å². The lowest BCUT2D eigenvalue weighted by Crippen LogP contribution is -2.21. The minimum atomic E-state index is -0.593. The molecule has 152 valence electrons. The molecule has 0 aliphatic carbocycles. The number of halogens is 1. The number of fused-ring (bicyclic) bond motifs is 1. The summed E-state index contributed by atoms with van der Waals surface area (Å²) >= 11 is 3.34. The quantitative estimate of drug-likeness (QED) is 0.531. The number of aromatic hydroxyl groups is 1. The topological polar surface area (TPSA) is 126 Å². The summed E-state index contributed by atoms with van der Waals surface area (Å²) in [6.45, 7) is 0. The molecule has 1 aliphatic rings. The van der Waals surface area contributed by atoms with Crippen molar-refractivity contribution in [3.8, 4) is 40.5 Å². The van der Waals surface area contributed by atoms with Gasteiger partial charge in [-0.2, -0.15) is 5.26 Å². The number of ether oxygens (including phenoxy) is 3. The van der Waals surface area contributed by atoms with E-state index < -0.39 is 5.92 Å². The first-order valence-corrected chi connectivity index (χ1v) is 9.64. The van der Waals surface area contributed by atoms with Crippen molar-refractivity contribution in [2.75, 3.05) is 14.2 Å². The van der Waals surface area contributed by atoms with Crippen LogP contribution in [0.15, 0.2) is 52.3 Å². The van der Waals surface area contributed by atoms with Gasteiger partial charge in [0, 0.05) is 5.56 Å². The van der Waals surface area contributed by atoms with Crippen molar-refractivity contribution in [2.24, 2.45) is 5.73 Å². The summed E-state index contributed by atoms with van der Waals surface area (Å²) in [6, 6.07) is 13.0. The van der Waals surface area contributed by atoms with Crippen LogP contribution >= 0.6 is 15.9 Å². The van der Waals surface area contributed by atoms with Gasteiger partial charge in [-0.3, -0.25) is 5.10 Å². The fraction of sp³-hybridized carbons (Fsp3) is 0.143. The van der Waals surface area contributed by atoms with Gasteiger partial charge < -0.3 is 25.1 Å². The predicted molar refractivity (Wildman–Crippen MR) is 112 cm³/mol. The molecule has 4 rings (SSSR count). The van der Waals surface area contributed by atoms with Crippen molar-refractivity contribution in [3.63, 3.8) is 0 Å². The molecule has 0 bridgehead atoms. The number of phenolic OH excluding ortho intramolecular Hbond substituents is 1. The number of hydrogen-bond acceptors (Lipinski definition) is 7. The number of aromatic amines is 1. The molecule has 30 heavy (non-hydrogen) atoms. The molecule has 1 aromatic heterocycles. The summed E-state index contributed by atoms with van der Waals surface area (Å²) < 4.78 is 16.7. The standard InChI is InChI=1S/C21H17BrN4O4/c1-28-12-5-3-4-10(6-12)18-17-16(11-7-14(22)19(27)15(8-11)29-2)13(9-23)20(24)30-21(17)26-25-18/h3-8,16,27H,24H2,1-2H3,(H,25,26). The van der Waals surface area contributed by atoms with Crippen molar-refractivity contribution >= 4 is 15.9 Å². The van der Waals surface area contributed by atoms with E-state index in [1.54, 1.807) is 19.2 Å². The van der Waals surface area contributed by atoms with E-state index in [0.29, 0.717) is 27.0 Å². The zero-order chi connectivity index (χ0) is 21.4. The molecule has 4 N–H and O–H groups in total. The maximum Gasteiger partial charge on any atom is 0.244 e. The van der Waals surface area contributed by atoms with Crippen LogP contribution in [0.4, 0.5) is 0 Å². The predicted octanol–water partition coefficient (Wildman–Crippen LogP) is 3.78. The molecule has 1 unspecified atom stereocenters. The molecular formula is C21H17BrN4O4. The summed E-state index contributed by atoms with van der Waals surface area (Å²) in [7, 11) is 3.04. The van der Waals surface area contributed by atoms with Gasteiger partial charge in [-0.15, -0.1) is 5.10 Å². The fourth-order valence-electron chi connectivity index (χ4n) is 3.49. The van der Waals surface area contributed by atoms with E-state index in [1.165, 1.54) is 7.11 Å². The number of nitrogens with one attached hydrogen (secondary N) is 1. The molecule has 0 saturated carbocycles. The molecule has 0 saturated heterocycles. The van der Waals surface area contributed by atoms with Crippen molar-refractivity contribution in [1.82, 2.24) is 10.2 Å². The van der Waals surface area contributed by atoms with Gasteiger partial charge in [0.1, 0.15) is 17.4 Å². The molecule has 0 amide bonds. The number of aromatic nitrogens is 2. The highest BCUT2D eigenvalue weighted by Crippen LogP contribution is 2.48. The van der Waals surface area contributed by atoms with Crippen molar-refractivity contribution in [1.29, 1.82) is 5.26 Å². The first-order chi connectivity index (χ1) is 14.5. The molecule has 9 heteroatoms. The zero-order valence-corrected chi connectivity index (χ0v) is 17.6. The lowest BCUT2D eigenvalue weighted by atomic mass is 9.83. The molecule has 2 heterocycles. The Morgan fingerprint density at radius 3 is 2.77 bits per heavy atom. The van der Waals surface area contributed by atoms with Crippen LogP contribution in [0.3, 0.4) is 0 Å².